The molecule has 4 rings (SSSR count). The Bertz CT molecular complexity index is 681. The highest BCUT2D eigenvalue weighted by Gasteiger charge is 2.79. The Balaban J connectivity index is 1.65. The van der Waals surface area contributed by atoms with Crippen LogP contribution in [0.4, 0.5) is 0 Å². The van der Waals surface area contributed by atoms with Crippen LogP contribution >= 0.6 is 22.6 Å². The zero-order valence-electron chi connectivity index (χ0n) is 14.1. The van der Waals surface area contributed by atoms with Crippen LogP contribution in [0.3, 0.4) is 0 Å². The zero-order valence-corrected chi connectivity index (χ0v) is 16.2. The molecule has 26 heavy (non-hydrogen) atoms. The Hall–Kier alpha value is -1.10. The van der Waals surface area contributed by atoms with Gasteiger partial charge in [-0.2, -0.15) is 5.26 Å². The van der Waals surface area contributed by atoms with Crippen molar-refractivity contribution in [1.82, 2.24) is 5.23 Å². The van der Waals surface area contributed by atoms with Crippen LogP contribution in [-0.4, -0.2) is 35.5 Å². The second-order valence-corrected chi connectivity index (χ2v) is 10.1. The van der Waals surface area contributed by atoms with Gasteiger partial charge in [-0.05, 0) is 44.9 Å². The van der Waals surface area contributed by atoms with E-state index in [0.29, 0.717) is 18.1 Å². The third kappa shape index (κ3) is 2.25. The lowest BCUT2D eigenvalue weighted by Crippen LogP contribution is -2.66. The predicted octanol–water partition coefficient (Wildman–Crippen LogP) is 2.72. The molecule has 0 aromatic heterocycles. The Morgan fingerprint density at radius 2 is 1.73 bits per heavy atom. The van der Waals surface area contributed by atoms with Gasteiger partial charge >= 0.3 is 5.79 Å². The van der Waals surface area contributed by atoms with Crippen LogP contribution in [0.25, 0.3) is 0 Å². The van der Waals surface area contributed by atoms with E-state index in [1.54, 1.807) is 0 Å². The first-order valence-corrected chi connectivity index (χ1v) is 9.85. The smallest absolute Gasteiger partial charge is 0.257 e. The highest BCUT2D eigenvalue weighted by molar-refractivity contribution is 14.1. The van der Waals surface area contributed by atoms with Crippen LogP contribution in [0.1, 0.15) is 57.8 Å². The van der Waals surface area contributed by atoms with E-state index in [0.717, 1.165) is 25.7 Å². The maximum absolute atomic E-state index is 11.8. The van der Waals surface area contributed by atoms with Crippen LogP contribution in [0.15, 0.2) is 0 Å². The topological polar surface area (TPSA) is 132 Å². The summed E-state index contributed by atoms with van der Waals surface area (Å²) in [6.07, 6.45) is 5.31. The molecule has 0 unspecified atom stereocenters. The average Bonchev–Trinajstić information content (AvgIpc) is 2.83. The SMILES string of the molecule is N#CC1CC2(C1)CC([N+](=O)[O-])([N+](=O)[O-])N(OC1(C3(I)CCC3)CCC1)O2. The number of nitrogens with zero attached hydrogens (tertiary/aromatic N) is 4. The van der Waals surface area contributed by atoms with Crippen molar-refractivity contribution in [1.29, 1.82) is 5.26 Å². The maximum Gasteiger partial charge on any atom is 0.569 e. The number of alkyl halides is 1. The molecule has 3 aliphatic carbocycles. The van der Waals surface area contributed by atoms with Crippen molar-refractivity contribution in [3.63, 3.8) is 0 Å². The molecular weight excluding hydrogens is 459 g/mol. The summed E-state index contributed by atoms with van der Waals surface area (Å²) in [5.74, 6) is -2.97. The van der Waals surface area contributed by atoms with Gasteiger partial charge in [-0.3, -0.25) is 29.9 Å². The lowest BCUT2D eigenvalue weighted by molar-refractivity contribution is -0.853. The van der Waals surface area contributed by atoms with Crippen LogP contribution in [0.2, 0.25) is 0 Å². The van der Waals surface area contributed by atoms with E-state index in [1.165, 1.54) is 0 Å². The number of hydroxylamine groups is 2. The van der Waals surface area contributed by atoms with Crippen molar-refractivity contribution in [3.05, 3.63) is 20.2 Å². The molecule has 10 nitrogen and oxygen atoms in total. The maximum atomic E-state index is 11.8. The summed E-state index contributed by atoms with van der Waals surface area (Å²) in [5, 5.41) is 33.1. The fourth-order valence-corrected chi connectivity index (χ4v) is 5.97. The quantitative estimate of drug-likeness (QED) is 0.194. The van der Waals surface area contributed by atoms with Gasteiger partial charge in [0.05, 0.1) is 20.6 Å². The van der Waals surface area contributed by atoms with Crippen molar-refractivity contribution < 1.29 is 19.5 Å². The standard InChI is InChI=1S/C15H19IN4O6/c16-13(3-1-4-13)14(5-2-6-14)26-20-15(18(21)22,19(23)24)10-12(25-20)7-11(8-12)9-17/h11H,1-8,10H2. The Kier molecular flexibility index (Phi) is 4.00. The molecule has 0 atom stereocenters. The van der Waals surface area contributed by atoms with Crippen molar-refractivity contribution in [2.45, 2.75) is 78.2 Å². The highest BCUT2D eigenvalue weighted by Crippen LogP contribution is 2.61. The van der Waals surface area contributed by atoms with Crippen LogP contribution in [-0.2, 0) is 9.68 Å². The predicted molar refractivity (Wildman–Crippen MR) is 93.6 cm³/mol. The lowest BCUT2D eigenvalue weighted by atomic mass is 9.63. The molecule has 0 bridgehead atoms. The molecule has 142 valence electrons. The molecule has 0 amide bonds. The van der Waals surface area contributed by atoms with Gasteiger partial charge in [0.1, 0.15) is 27.5 Å². The fourth-order valence-electron chi connectivity index (χ4n) is 4.57. The summed E-state index contributed by atoms with van der Waals surface area (Å²) in [4.78, 5) is 33.4. The minimum Gasteiger partial charge on any atom is -0.257 e. The van der Waals surface area contributed by atoms with Gasteiger partial charge < -0.3 is 0 Å². The third-order valence-corrected chi connectivity index (χ3v) is 8.58. The minimum atomic E-state index is -2.67. The molecule has 4 fully saturated rings. The monoisotopic (exact) mass is 478 g/mol. The third-order valence-electron chi connectivity index (χ3n) is 6.51. The van der Waals surface area contributed by atoms with E-state index in [1.807, 2.05) is 0 Å². The molecule has 1 aliphatic heterocycles. The molecule has 4 aliphatic rings. The van der Waals surface area contributed by atoms with Crippen LogP contribution < -0.4 is 0 Å². The normalized spacial score (nSPS) is 36.4. The van der Waals surface area contributed by atoms with E-state index < -0.39 is 33.3 Å². The van der Waals surface area contributed by atoms with Gasteiger partial charge in [0.25, 0.3) is 0 Å². The van der Waals surface area contributed by atoms with Crippen molar-refractivity contribution in [2.75, 3.05) is 0 Å². The molecule has 1 saturated heterocycles. The first-order chi connectivity index (χ1) is 12.2. The van der Waals surface area contributed by atoms with E-state index in [-0.39, 0.29) is 22.2 Å². The molecule has 11 heteroatoms. The molecule has 0 N–H and O–H groups in total. The number of nitro groups is 2. The van der Waals surface area contributed by atoms with Gasteiger partial charge in [0.15, 0.2) is 0 Å². The Morgan fingerprint density at radius 3 is 2.12 bits per heavy atom. The van der Waals surface area contributed by atoms with Gasteiger partial charge in [-0.25, -0.2) is 0 Å². The minimum absolute atomic E-state index is 0.171. The summed E-state index contributed by atoms with van der Waals surface area (Å²) in [5.41, 5.74) is -1.73. The average molecular weight is 478 g/mol. The van der Waals surface area contributed by atoms with Crippen molar-refractivity contribution >= 4 is 22.6 Å². The summed E-state index contributed by atoms with van der Waals surface area (Å²) < 4.78 is -0.171. The highest BCUT2D eigenvalue weighted by atomic mass is 127. The first-order valence-electron chi connectivity index (χ1n) is 8.77. The van der Waals surface area contributed by atoms with E-state index in [2.05, 4.69) is 28.7 Å². The van der Waals surface area contributed by atoms with Crippen LogP contribution in [0.5, 0.6) is 0 Å². The summed E-state index contributed by atoms with van der Waals surface area (Å²) in [6.45, 7) is 0. The van der Waals surface area contributed by atoms with E-state index >= 15 is 0 Å². The number of halogens is 1. The fraction of sp³-hybridized carbons (Fsp3) is 0.933. The molecule has 0 aromatic rings. The largest absolute Gasteiger partial charge is 0.569 e. The Morgan fingerprint density at radius 1 is 1.15 bits per heavy atom. The molecular formula is C15H19IN4O6. The van der Waals surface area contributed by atoms with E-state index in [9.17, 15) is 20.2 Å². The molecule has 3 saturated carbocycles. The number of rotatable bonds is 5. The van der Waals surface area contributed by atoms with Gasteiger partial charge in [-0.15, -0.1) is 0 Å². The summed E-state index contributed by atoms with van der Waals surface area (Å²) in [6, 6.07) is 2.09. The van der Waals surface area contributed by atoms with Crippen LogP contribution in [0, 0.1) is 37.5 Å². The first kappa shape index (κ1) is 18.3. The van der Waals surface area contributed by atoms with Crippen molar-refractivity contribution in [2.24, 2.45) is 5.92 Å². The Labute approximate surface area is 163 Å². The second-order valence-electron chi connectivity index (χ2n) is 7.99. The van der Waals surface area contributed by atoms with Gasteiger partial charge in [-0.1, -0.05) is 29.0 Å². The second kappa shape index (κ2) is 5.70. The summed E-state index contributed by atoms with van der Waals surface area (Å²) in [7, 11) is 0. The van der Waals surface area contributed by atoms with E-state index in [4.69, 9.17) is 14.9 Å². The molecule has 1 heterocycles. The number of nitriles is 1. The van der Waals surface area contributed by atoms with Gasteiger partial charge in [0, 0.05) is 0 Å². The van der Waals surface area contributed by atoms with Crippen molar-refractivity contribution in [3.8, 4) is 6.07 Å². The number of hydrogen-bond acceptors (Lipinski definition) is 8. The number of hydrogen-bond donors (Lipinski definition) is 0. The van der Waals surface area contributed by atoms with Gasteiger partial charge in [0.2, 0.25) is 0 Å². The lowest BCUT2D eigenvalue weighted by Gasteiger charge is -2.57. The summed E-state index contributed by atoms with van der Waals surface area (Å²) >= 11 is 2.34. The molecule has 0 aromatic carbocycles. The zero-order chi connectivity index (χ0) is 18.8. The molecule has 1 spiro atoms. The molecule has 0 radical (unpaired) electrons.